The average molecular weight is 378 g/mol. The van der Waals surface area contributed by atoms with Gasteiger partial charge in [0.25, 0.3) is 0 Å². The number of hydrogen-bond donors (Lipinski definition) is 2. The van der Waals surface area contributed by atoms with E-state index in [9.17, 15) is 0 Å². The molecule has 0 radical (unpaired) electrons. The average Bonchev–Trinajstić information content (AvgIpc) is 3.22. The number of para-hydroxylation sites is 1. The molecule has 0 unspecified atom stereocenters. The molecule has 3 aromatic rings. The van der Waals surface area contributed by atoms with Gasteiger partial charge in [0.2, 0.25) is 0 Å². The number of piperidine rings is 1. The third-order valence-electron chi connectivity index (χ3n) is 5.81. The van der Waals surface area contributed by atoms with Gasteiger partial charge in [-0.2, -0.15) is 5.10 Å². The van der Waals surface area contributed by atoms with Crippen LogP contribution < -0.4 is 14.4 Å². The monoisotopic (exact) mass is 378 g/mol. The van der Waals surface area contributed by atoms with Gasteiger partial charge in [-0.05, 0) is 41.8 Å². The van der Waals surface area contributed by atoms with Crippen LogP contribution in [0.2, 0.25) is 0 Å². The Bertz CT molecular complexity index is 896. The SMILES string of the molecule is COc1ccc(-c2[nH]ncc2C[NH+]2CCC(c3ccccc3OC)CC2)cc1. The number of benzene rings is 2. The van der Waals surface area contributed by atoms with Crippen LogP contribution in [-0.4, -0.2) is 37.5 Å². The Morgan fingerprint density at radius 3 is 2.46 bits per heavy atom. The highest BCUT2D eigenvalue weighted by atomic mass is 16.5. The maximum absolute atomic E-state index is 5.56. The van der Waals surface area contributed by atoms with E-state index in [0.29, 0.717) is 5.92 Å². The van der Waals surface area contributed by atoms with E-state index in [-0.39, 0.29) is 0 Å². The standard InChI is InChI=1S/C23H27N3O2/c1-27-20-9-7-18(8-10-20)23-19(15-24-25-23)16-26-13-11-17(12-14-26)21-5-3-4-6-22(21)28-2/h3-10,15,17H,11-14,16H2,1-2H3,(H,24,25)/p+1. The van der Waals surface area contributed by atoms with Gasteiger partial charge < -0.3 is 14.4 Å². The molecule has 1 fully saturated rings. The van der Waals surface area contributed by atoms with Gasteiger partial charge in [0.05, 0.1) is 44.8 Å². The lowest BCUT2D eigenvalue weighted by Crippen LogP contribution is -3.11. The van der Waals surface area contributed by atoms with Crippen molar-refractivity contribution in [3.63, 3.8) is 0 Å². The molecule has 146 valence electrons. The van der Waals surface area contributed by atoms with E-state index in [1.165, 1.54) is 24.0 Å². The van der Waals surface area contributed by atoms with Gasteiger partial charge in [-0.1, -0.05) is 18.2 Å². The molecule has 0 saturated carbocycles. The van der Waals surface area contributed by atoms with E-state index in [2.05, 4.69) is 40.5 Å². The fourth-order valence-electron chi connectivity index (χ4n) is 4.24. The smallest absolute Gasteiger partial charge is 0.122 e. The third-order valence-corrected chi connectivity index (χ3v) is 5.81. The summed E-state index contributed by atoms with van der Waals surface area (Å²) in [5.74, 6) is 2.48. The number of H-pyrrole nitrogens is 1. The molecule has 0 amide bonds. The molecule has 1 aromatic heterocycles. The normalized spacial score (nSPS) is 19.4. The summed E-state index contributed by atoms with van der Waals surface area (Å²) in [5.41, 5.74) is 4.89. The third kappa shape index (κ3) is 3.90. The van der Waals surface area contributed by atoms with Crippen molar-refractivity contribution in [1.82, 2.24) is 10.2 Å². The number of nitrogens with zero attached hydrogens (tertiary/aromatic N) is 1. The fourth-order valence-corrected chi connectivity index (χ4v) is 4.24. The molecule has 2 N–H and O–H groups in total. The van der Waals surface area contributed by atoms with Crippen molar-refractivity contribution < 1.29 is 14.4 Å². The Morgan fingerprint density at radius 2 is 1.75 bits per heavy atom. The van der Waals surface area contributed by atoms with E-state index in [1.54, 1.807) is 19.1 Å². The number of nitrogens with one attached hydrogen (secondary N) is 2. The highest BCUT2D eigenvalue weighted by Crippen LogP contribution is 2.31. The summed E-state index contributed by atoms with van der Waals surface area (Å²) in [5, 5.41) is 7.48. The summed E-state index contributed by atoms with van der Waals surface area (Å²) in [6, 6.07) is 16.6. The lowest BCUT2D eigenvalue weighted by atomic mass is 9.88. The van der Waals surface area contributed by atoms with Crippen LogP contribution in [0, 0.1) is 0 Å². The molecular weight excluding hydrogens is 350 g/mol. The number of ether oxygens (including phenoxy) is 2. The molecule has 4 rings (SSSR count). The van der Waals surface area contributed by atoms with Crippen LogP contribution in [0.1, 0.15) is 29.9 Å². The van der Waals surface area contributed by atoms with Crippen molar-refractivity contribution in [2.45, 2.75) is 25.3 Å². The minimum atomic E-state index is 0.588. The molecule has 5 nitrogen and oxygen atoms in total. The minimum Gasteiger partial charge on any atom is -0.497 e. The van der Waals surface area contributed by atoms with Crippen molar-refractivity contribution in [1.29, 1.82) is 0 Å². The van der Waals surface area contributed by atoms with E-state index in [1.807, 2.05) is 24.4 Å². The van der Waals surface area contributed by atoms with Crippen molar-refractivity contribution in [2.75, 3.05) is 27.3 Å². The first-order chi connectivity index (χ1) is 13.8. The van der Waals surface area contributed by atoms with Gasteiger partial charge in [-0.15, -0.1) is 0 Å². The summed E-state index contributed by atoms with van der Waals surface area (Å²) in [6.45, 7) is 3.32. The molecule has 1 aliphatic rings. The maximum atomic E-state index is 5.56. The van der Waals surface area contributed by atoms with Gasteiger partial charge in [0.15, 0.2) is 0 Å². The number of aromatic amines is 1. The number of quaternary nitrogens is 1. The fraction of sp³-hybridized carbons (Fsp3) is 0.348. The van der Waals surface area contributed by atoms with Crippen LogP contribution >= 0.6 is 0 Å². The van der Waals surface area contributed by atoms with E-state index in [0.717, 1.165) is 42.4 Å². The molecule has 0 spiro atoms. The second-order valence-electron chi connectivity index (χ2n) is 7.44. The second-order valence-corrected chi connectivity index (χ2v) is 7.44. The molecule has 1 saturated heterocycles. The number of rotatable bonds is 6. The first-order valence-electron chi connectivity index (χ1n) is 9.91. The summed E-state index contributed by atoms with van der Waals surface area (Å²) in [4.78, 5) is 1.61. The van der Waals surface area contributed by atoms with E-state index < -0.39 is 0 Å². The Labute approximate surface area is 166 Å². The predicted molar refractivity (Wildman–Crippen MR) is 110 cm³/mol. The van der Waals surface area contributed by atoms with E-state index >= 15 is 0 Å². The number of methoxy groups -OCH3 is 2. The van der Waals surface area contributed by atoms with Crippen molar-refractivity contribution >= 4 is 0 Å². The Morgan fingerprint density at radius 1 is 1.00 bits per heavy atom. The van der Waals surface area contributed by atoms with Gasteiger partial charge in [-0.3, -0.25) is 5.10 Å². The van der Waals surface area contributed by atoms with E-state index in [4.69, 9.17) is 9.47 Å². The van der Waals surface area contributed by atoms with Crippen LogP contribution in [0.3, 0.4) is 0 Å². The highest BCUT2D eigenvalue weighted by molar-refractivity contribution is 5.63. The van der Waals surface area contributed by atoms with Crippen molar-refractivity contribution in [3.8, 4) is 22.8 Å². The largest absolute Gasteiger partial charge is 0.497 e. The summed E-state index contributed by atoms with van der Waals surface area (Å²) >= 11 is 0. The van der Waals surface area contributed by atoms with Gasteiger partial charge in [-0.25, -0.2) is 0 Å². The van der Waals surface area contributed by atoms with Crippen LogP contribution in [-0.2, 0) is 6.54 Å². The molecule has 5 heteroatoms. The number of hydrogen-bond acceptors (Lipinski definition) is 3. The van der Waals surface area contributed by atoms with Crippen molar-refractivity contribution in [2.24, 2.45) is 0 Å². The first-order valence-corrected chi connectivity index (χ1v) is 9.91. The minimum absolute atomic E-state index is 0.588. The molecule has 0 bridgehead atoms. The van der Waals surface area contributed by atoms with Crippen LogP contribution in [0.5, 0.6) is 11.5 Å². The molecule has 0 atom stereocenters. The Hall–Kier alpha value is -2.79. The zero-order valence-corrected chi connectivity index (χ0v) is 16.6. The zero-order valence-electron chi connectivity index (χ0n) is 16.6. The quantitative estimate of drug-likeness (QED) is 0.693. The molecule has 1 aliphatic heterocycles. The molecule has 2 heterocycles. The Balaban J connectivity index is 1.41. The Kier molecular flexibility index (Phi) is 5.63. The zero-order chi connectivity index (χ0) is 19.3. The summed E-state index contributed by atoms with van der Waals surface area (Å²) < 4.78 is 10.8. The number of aromatic nitrogens is 2. The molecule has 2 aromatic carbocycles. The highest BCUT2D eigenvalue weighted by Gasteiger charge is 2.26. The maximum Gasteiger partial charge on any atom is 0.122 e. The molecule has 28 heavy (non-hydrogen) atoms. The first kappa shape index (κ1) is 18.6. The topological polar surface area (TPSA) is 51.6 Å². The van der Waals surface area contributed by atoms with Crippen LogP contribution in [0.25, 0.3) is 11.3 Å². The number of likely N-dealkylation sites (tertiary alicyclic amines) is 1. The van der Waals surface area contributed by atoms with Gasteiger partial charge in [0.1, 0.15) is 18.0 Å². The van der Waals surface area contributed by atoms with Crippen molar-refractivity contribution in [3.05, 3.63) is 65.9 Å². The van der Waals surface area contributed by atoms with Gasteiger partial charge in [0, 0.05) is 18.4 Å². The van der Waals surface area contributed by atoms with Crippen LogP contribution in [0.15, 0.2) is 54.7 Å². The lowest BCUT2D eigenvalue weighted by Gasteiger charge is -2.30. The second kappa shape index (κ2) is 8.48. The predicted octanol–water partition coefficient (Wildman–Crippen LogP) is 3.06. The summed E-state index contributed by atoms with van der Waals surface area (Å²) in [6.07, 6.45) is 4.34. The van der Waals surface area contributed by atoms with Crippen LogP contribution in [0.4, 0.5) is 0 Å². The molecular formula is C23H28N3O2+. The van der Waals surface area contributed by atoms with Gasteiger partial charge >= 0.3 is 0 Å². The molecule has 0 aliphatic carbocycles. The lowest BCUT2D eigenvalue weighted by molar-refractivity contribution is -0.919. The summed E-state index contributed by atoms with van der Waals surface area (Å²) in [7, 11) is 3.45.